The van der Waals surface area contributed by atoms with Gasteiger partial charge in [0.25, 0.3) is 0 Å². The highest BCUT2D eigenvalue weighted by Gasteiger charge is 2.39. The number of hydrogen-bond donors (Lipinski definition) is 1. The molecule has 0 aliphatic carbocycles. The normalized spacial score (nSPS) is 28.2. The highest BCUT2D eigenvalue weighted by Crippen LogP contribution is 2.35. The zero-order valence-corrected chi connectivity index (χ0v) is 10.4. The third-order valence-corrected chi connectivity index (χ3v) is 4.31. The molecule has 2 rings (SSSR count). The fourth-order valence-electron chi connectivity index (χ4n) is 3.53. The first kappa shape index (κ1) is 11.4. The van der Waals surface area contributed by atoms with Crippen LogP contribution >= 0.6 is 0 Å². The van der Waals surface area contributed by atoms with Crippen molar-refractivity contribution in [1.82, 2.24) is 10.2 Å². The third kappa shape index (κ3) is 2.36. The summed E-state index contributed by atoms with van der Waals surface area (Å²) in [6.45, 7) is 8.52. The van der Waals surface area contributed by atoms with Crippen molar-refractivity contribution in [3.63, 3.8) is 0 Å². The fraction of sp³-hybridized carbons (Fsp3) is 1.00. The van der Waals surface area contributed by atoms with Gasteiger partial charge in [0.05, 0.1) is 0 Å². The molecule has 0 saturated carbocycles. The molecule has 2 heterocycles. The van der Waals surface area contributed by atoms with E-state index in [1.807, 2.05) is 0 Å². The van der Waals surface area contributed by atoms with Gasteiger partial charge in [0.1, 0.15) is 0 Å². The van der Waals surface area contributed by atoms with E-state index in [0.717, 1.165) is 6.04 Å². The molecule has 1 N–H and O–H groups in total. The molecule has 88 valence electrons. The Balaban J connectivity index is 2.14. The molecule has 0 aromatic heterocycles. The Labute approximate surface area is 94.4 Å². The predicted octanol–water partition coefficient (Wildman–Crippen LogP) is 2.39. The second kappa shape index (κ2) is 4.84. The zero-order valence-electron chi connectivity index (χ0n) is 10.4. The second-order valence-corrected chi connectivity index (χ2v) is 5.57. The SMILES string of the molecule is CC(C)N1CCCCCC12CCNCC2. The summed E-state index contributed by atoms with van der Waals surface area (Å²) in [6.07, 6.45) is 8.47. The summed E-state index contributed by atoms with van der Waals surface area (Å²) in [7, 11) is 0. The van der Waals surface area contributed by atoms with Crippen molar-refractivity contribution in [2.45, 2.75) is 64.0 Å². The van der Waals surface area contributed by atoms with Crippen molar-refractivity contribution in [1.29, 1.82) is 0 Å². The molecule has 1 spiro atoms. The van der Waals surface area contributed by atoms with Crippen molar-refractivity contribution in [2.24, 2.45) is 0 Å². The lowest BCUT2D eigenvalue weighted by Crippen LogP contribution is -2.56. The summed E-state index contributed by atoms with van der Waals surface area (Å²) >= 11 is 0. The molecule has 0 radical (unpaired) electrons. The highest BCUT2D eigenvalue weighted by molar-refractivity contribution is 4.96. The molecule has 2 saturated heterocycles. The summed E-state index contributed by atoms with van der Waals surface area (Å²) in [5.41, 5.74) is 0.552. The Bertz CT molecular complexity index is 195. The standard InChI is InChI=1S/C13H26N2/c1-12(2)15-11-5-3-4-6-13(15)7-9-14-10-8-13/h12,14H,3-11H2,1-2H3. The van der Waals surface area contributed by atoms with Crippen LogP contribution in [-0.2, 0) is 0 Å². The van der Waals surface area contributed by atoms with Crippen LogP contribution in [0.4, 0.5) is 0 Å². The van der Waals surface area contributed by atoms with E-state index >= 15 is 0 Å². The average molecular weight is 210 g/mol. The van der Waals surface area contributed by atoms with Crippen LogP contribution in [0.25, 0.3) is 0 Å². The Kier molecular flexibility index (Phi) is 3.68. The highest BCUT2D eigenvalue weighted by atomic mass is 15.2. The van der Waals surface area contributed by atoms with E-state index in [9.17, 15) is 0 Å². The molecule has 0 unspecified atom stereocenters. The molecule has 2 aliphatic rings. The van der Waals surface area contributed by atoms with Gasteiger partial charge in [0, 0.05) is 11.6 Å². The van der Waals surface area contributed by atoms with E-state index in [4.69, 9.17) is 0 Å². The molecule has 2 heteroatoms. The third-order valence-electron chi connectivity index (χ3n) is 4.31. The maximum absolute atomic E-state index is 3.51. The minimum absolute atomic E-state index is 0.552. The van der Waals surface area contributed by atoms with Crippen molar-refractivity contribution >= 4 is 0 Å². The van der Waals surface area contributed by atoms with Crippen LogP contribution in [0.1, 0.15) is 52.4 Å². The van der Waals surface area contributed by atoms with Gasteiger partial charge in [-0.1, -0.05) is 12.8 Å². The smallest absolute Gasteiger partial charge is 0.0236 e. The number of nitrogens with one attached hydrogen (secondary N) is 1. The largest absolute Gasteiger partial charge is 0.317 e. The topological polar surface area (TPSA) is 15.3 Å². The number of piperidine rings is 1. The summed E-state index contributed by atoms with van der Waals surface area (Å²) in [4.78, 5) is 2.81. The molecule has 0 aromatic carbocycles. The van der Waals surface area contributed by atoms with Gasteiger partial charge in [-0.15, -0.1) is 0 Å². The van der Waals surface area contributed by atoms with Crippen molar-refractivity contribution in [3.05, 3.63) is 0 Å². The lowest BCUT2D eigenvalue weighted by Gasteiger charge is -2.48. The molecule has 2 fully saturated rings. The first-order valence-electron chi connectivity index (χ1n) is 6.72. The molecule has 0 bridgehead atoms. The maximum atomic E-state index is 3.51. The Morgan fingerprint density at radius 3 is 2.40 bits per heavy atom. The monoisotopic (exact) mass is 210 g/mol. The van der Waals surface area contributed by atoms with Gasteiger partial charge in [-0.25, -0.2) is 0 Å². The average Bonchev–Trinajstić information content (AvgIpc) is 2.42. The molecular weight excluding hydrogens is 184 g/mol. The van der Waals surface area contributed by atoms with Gasteiger partial charge in [0.2, 0.25) is 0 Å². The van der Waals surface area contributed by atoms with Crippen LogP contribution in [0.2, 0.25) is 0 Å². The van der Waals surface area contributed by atoms with Crippen molar-refractivity contribution < 1.29 is 0 Å². The number of nitrogens with zero attached hydrogens (tertiary/aromatic N) is 1. The van der Waals surface area contributed by atoms with Crippen LogP contribution in [0.3, 0.4) is 0 Å². The van der Waals surface area contributed by atoms with Gasteiger partial charge >= 0.3 is 0 Å². The molecule has 0 amide bonds. The quantitative estimate of drug-likeness (QED) is 0.715. The number of rotatable bonds is 1. The number of hydrogen-bond acceptors (Lipinski definition) is 2. The molecule has 2 aliphatic heterocycles. The van der Waals surface area contributed by atoms with E-state index in [1.165, 1.54) is 58.2 Å². The predicted molar refractivity (Wildman–Crippen MR) is 65.1 cm³/mol. The van der Waals surface area contributed by atoms with E-state index in [2.05, 4.69) is 24.1 Å². The van der Waals surface area contributed by atoms with Gasteiger partial charge in [0.15, 0.2) is 0 Å². The first-order valence-corrected chi connectivity index (χ1v) is 6.72. The van der Waals surface area contributed by atoms with Crippen molar-refractivity contribution in [3.8, 4) is 0 Å². The van der Waals surface area contributed by atoms with E-state index in [0.29, 0.717) is 5.54 Å². The zero-order chi connectivity index (χ0) is 10.7. The number of likely N-dealkylation sites (tertiary alicyclic amines) is 1. The summed E-state index contributed by atoms with van der Waals surface area (Å²) in [5, 5.41) is 3.51. The van der Waals surface area contributed by atoms with Crippen LogP contribution < -0.4 is 5.32 Å². The lowest BCUT2D eigenvalue weighted by molar-refractivity contribution is 0.0304. The van der Waals surface area contributed by atoms with Gasteiger partial charge < -0.3 is 5.32 Å². The van der Waals surface area contributed by atoms with Crippen LogP contribution in [0, 0.1) is 0 Å². The van der Waals surface area contributed by atoms with E-state index in [1.54, 1.807) is 0 Å². The maximum Gasteiger partial charge on any atom is 0.0236 e. The Morgan fingerprint density at radius 2 is 1.73 bits per heavy atom. The van der Waals surface area contributed by atoms with Gasteiger partial charge in [-0.3, -0.25) is 4.90 Å². The van der Waals surface area contributed by atoms with E-state index < -0.39 is 0 Å². The summed E-state index contributed by atoms with van der Waals surface area (Å²) < 4.78 is 0. The fourth-order valence-corrected chi connectivity index (χ4v) is 3.53. The lowest BCUT2D eigenvalue weighted by atomic mass is 9.82. The van der Waals surface area contributed by atoms with Crippen LogP contribution in [0.5, 0.6) is 0 Å². The van der Waals surface area contributed by atoms with Gasteiger partial charge in [-0.2, -0.15) is 0 Å². The molecule has 15 heavy (non-hydrogen) atoms. The summed E-state index contributed by atoms with van der Waals surface area (Å²) in [5.74, 6) is 0. The Morgan fingerprint density at radius 1 is 1.00 bits per heavy atom. The minimum Gasteiger partial charge on any atom is -0.317 e. The molecule has 2 nitrogen and oxygen atoms in total. The van der Waals surface area contributed by atoms with Crippen molar-refractivity contribution in [2.75, 3.05) is 19.6 Å². The second-order valence-electron chi connectivity index (χ2n) is 5.57. The molecule has 0 atom stereocenters. The van der Waals surface area contributed by atoms with E-state index in [-0.39, 0.29) is 0 Å². The summed E-state index contributed by atoms with van der Waals surface area (Å²) in [6, 6.07) is 0.723. The molecule has 0 aromatic rings. The van der Waals surface area contributed by atoms with Gasteiger partial charge in [-0.05, 0) is 59.2 Å². The first-order chi connectivity index (χ1) is 7.25. The van der Waals surface area contributed by atoms with Crippen LogP contribution in [0.15, 0.2) is 0 Å². The Hall–Kier alpha value is -0.0800. The van der Waals surface area contributed by atoms with Crippen LogP contribution in [-0.4, -0.2) is 36.1 Å². The minimum atomic E-state index is 0.552. The molecular formula is C13H26N2.